The third-order valence-corrected chi connectivity index (χ3v) is 5.88. The largest absolute Gasteiger partial charge is 0.478 e. The van der Waals surface area contributed by atoms with E-state index in [0.29, 0.717) is 11.4 Å². The highest BCUT2D eigenvalue weighted by molar-refractivity contribution is 5.98. The van der Waals surface area contributed by atoms with Crippen LogP contribution in [0.5, 0.6) is 0 Å². The number of para-hydroxylation sites is 1. The first-order valence-electron chi connectivity index (χ1n) is 10.7. The highest BCUT2D eigenvalue weighted by Gasteiger charge is 2.30. The number of ether oxygens (including phenoxy) is 1. The lowest BCUT2D eigenvalue weighted by molar-refractivity contribution is 0.0696. The molecular weight excluding hydrogens is 414 g/mol. The lowest BCUT2D eigenvalue weighted by Crippen LogP contribution is -2.28. The minimum Gasteiger partial charge on any atom is -0.478 e. The average molecular weight is 435 g/mol. The normalized spacial score (nSPS) is 12.0. The van der Waals surface area contributed by atoms with Gasteiger partial charge in [0.15, 0.2) is 0 Å². The van der Waals surface area contributed by atoms with Crippen LogP contribution < -0.4 is 4.90 Å². The van der Waals surface area contributed by atoms with Crippen LogP contribution in [0.2, 0.25) is 0 Å². The molecule has 1 amide bonds. The van der Waals surface area contributed by atoms with Gasteiger partial charge in [-0.25, -0.2) is 14.5 Å². The molecule has 0 radical (unpaired) electrons. The molecule has 0 spiro atoms. The highest BCUT2D eigenvalue weighted by atomic mass is 16.6. The Hall–Kier alpha value is -4.38. The summed E-state index contributed by atoms with van der Waals surface area (Å²) in [6.07, 6.45) is -0.564. The molecule has 0 heterocycles. The van der Waals surface area contributed by atoms with Gasteiger partial charge in [-0.15, -0.1) is 0 Å². The van der Waals surface area contributed by atoms with Crippen LogP contribution in [0.25, 0.3) is 11.1 Å². The van der Waals surface area contributed by atoms with Gasteiger partial charge in [0.25, 0.3) is 0 Å². The Balaban J connectivity index is 1.46. The van der Waals surface area contributed by atoms with Crippen molar-refractivity contribution in [3.05, 3.63) is 120 Å². The number of carbonyl (C=O) groups is 2. The summed E-state index contributed by atoms with van der Waals surface area (Å²) in [7, 11) is 0. The Morgan fingerprint density at radius 1 is 0.727 bits per heavy atom. The van der Waals surface area contributed by atoms with E-state index in [4.69, 9.17) is 4.74 Å². The van der Waals surface area contributed by atoms with E-state index in [9.17, 15) is 14.7 Å². The van der Waals surface area contributed by atoms with Crippen molar-refractivity contribution >= 4 is 23.4 Å². The van der Waals surface area contributed by atoms with Gasteiger partial charge >= 0.3 is 12.1 Å². The Bertz CT molecular complexity index is 1290. The van der Waals surface area contributed by atoms with Gasteiger partial charge in [0.05, 0.1) is 16.9 Å². The Labute approximate surface area is 191 Å². The maximum absolute atomic E-state index is 13.4. The fourth-order valence-electron chi connectivity index (χ4n) is 4.37. The third-order valence-electron chi connectivity index (χ3n) is 5.88. The van der Waals surface area contributed by atoms with Crippen LogP contribution in [-0.4, -0.2) is 23.8 Å². The second-order valence-corrected chi connectivity index (χ2v) is 7.83. The van der Waals surface area contributed by atoms with Gasteiger partial charge in [-0.05, 0) is 52.6 Å². The summed E-state index contributed by atoms with van der Waals surface area (Å²) in [4.78, 5) is 26.2. The molecule has 5 heteroatoms. The molecule has 33 heavy (non-hydrogen) atoms. The molecule has 0 aliphatic heterocycles. The van der Waals surface area contributed by atoms with Crippen molar-refractivity contribution in [2.24, 2.45) is 0 Å². The third kappa shape index (κ3) is 3.85. The van der Waals surface area contributed by atoms with Crippen molar-refractivity contribution in [2.75, 3.05) is 11.5 Å². The van der Waals surface area contributed by atoms with Crippen molar-refractivity contribution in [1.29, 1.82) is 0 Å². The molecule has 5 nitrogen and oxygen atoms in total. The molecule has 0 fully saturated rings. The predicted molar refractivity (Wildman–Crippen MR) is 127 cm³/mol. The van der Waals surface area contributed by atoms with Crippen LogP contribution in [0, 0.1) is 0 Å². The van der Waals surface area contributed by atoms with Crippen LogP contribution in [0.1, 0.15) is 27.4 Å². The van der Waals surface area contributed by atoms with Crippen LogP contribution >= 0.6 is 0 Å². The summed E-state index contributed by atoms with van der Waals surface area (Å²) in [5, 5.41) is 9.40. The Kier molecular flexibility index (Phi) is 5.37. The second kappa shape index (κ2) is 8.63. The molecule has 5 rings (SSSR count). The minimum atomic E-state index is -1.06. The van der Waals surface area contributed by atoms with E-state index in [0.717, 1.165) is 22.3 Å². The van der Waals surface area contributed by atoms with Crippen molar-refractivity contribution in [3.63, 3.8) is 0 Å². The zero-order chi connectivity index (χ0) is 22.8. The monoisotopic (exact) mass is 435 g/mol. The van der Waals surface area contributed by atoms with E-state index < -0.39 is 12.1 Å². The van der Waals surface area contributed by atoms with Crippen LogP contribution in [0.4, 0.5) is 16.2 Å². The number of nitrogens with zero attached hydrogens (tertiary/aromatic N) is 1. The number of anilines is 2. The maximum Gasteiger partial charge on any atom is 0.418 e. The standard InChI is InChI=1S/C28H21NO4/c30-27(31)19-9-8-12-21(17-19)29(20-10-2-1-3-11-20)28(32)33-18-26-24-15-6-4-13-22(24)23-14-5-7-16-25(23)26/h1-17,26H,18H2,(H,30,31). The molecule has 4 aromatic carbocycles. The van der Waals surface area contributed by atoms with Gasteiger partial charge in [0, 0.05) is 5.92 Å². The van der Waals surface area contributed by atoms with Crippen molar-refractivity contribution in [2.45, 2.75) is 5.92 Å². The number of benzene rings is 4. The van der Waals surface area contributed by atoms with Crippen molar-refractivity contribution < 1.29 is 19.4 Å². The molecule has 0 saturated carbocycles. The Morgan fingerprint density at radius 2 is 1.30 bits per heavy atom. The topological polar surface area (TPSA) is 66.8 Å². The van der Waals surface area contributed by atoms with Crippen molar-refractivity contribution in [1.82, 2.24) is 0 Å². The molecule has 0 aromatic heterocycles. The lowest BCUT2D eigenvalue weighted by atomic mass is 9.98. The number of rotatable bonds is 5. The first kappa shape index (κ1) is 20.5. The van der Waals surface area contributed by atoms with E-state index in [2.05, 4.69) is 24.3 Å². The minimum absolute atomic E-state index is 0.0654. The number of hydrogen-bond acceptors (Lipinski definition) is 3. The van der Waals surface area contributed by atoms with E-state index in [-0.39, 0.29) is 18.1 Å². The smallest absolute Gasteiger partial charge is 0.418 e. The van der Waals surface area contributed by atoms with Gasteiger partial charge in [0.2, 0.25) is 0 Å². The lowest BCUT2D eigenvalue weighted by Gasteiger charge is -2.24. The Morgan fingerprint density at radius 3 is 1.94 bits per heavy atom. The molecule has 162 valence electrons. The zero-order valence-electron chi connectivity index (χ0n) is 17.7. The summed E-state index contributed by atoms with van der Waals surface area (Å²) in [6, 6.07) is 31.7. The molecule has 1 aliphatic carbocycles. The summed E-state index contributed by atoms with van der Waals surface area (Å²) in [6.45, 7) is 0.175. The van der Waals surface area contributed by atoms with E-state index in [1.165, 1.54) is 17.0 Å². The number of carboxylic acids is 1. The first-order chi connectivity index (χ1) is 16.1. The van der Waals surface area contributed by atoms with Gasteiger partial charge in [-0.2, -0.15) is 0 Å². The molecule has 1 N–H and O–H groups in total. The molecule has 0 bridgehead atoms. The molecule has 0 unspecified atom stereocenters. The predicted octanol–water partition coefficient (Wildman–Crippen LogP) is 6.47. The number of fused-ring (bicyclic) bond motifs is 3. The van der Waals surface area contributed by atoms with Gasteiger partial charge in [-0.1, -0.05) is 72.8 Å². The van der Waals surface area contributed by atoms with Gasteiger partial charge in [-0.3, -0.25) is 0 Å². The van der Waals surface area contributed by atoms with E-state index in [1.807, 2.05) is 42.5 Å². The number of hydrogen-bond donors (Lipinski definition) is 1. The second-order valence-electron chi connectivity index (χ2n) is 7.83. The van der Waals surface area contributed by atoms with E-state index in [1.54, 1.807) is 24.3 Å². The van der Waals surface area contributed by atoms with Crippen LogP contribution in [0.15, 0.2) is 103 Å². The van der Waals surface area contributed by atoms with Crippen LogP contribution in [0.3, 0.4) is 0 Å². The van der Waals surface area contributed by atoms with Crippen LogP contribution in [-0.2, 0) is 4.74 Å². The summed E-state index contributed by atoms with van der Waals surface area (Å²) >= 11 is 0. The fourth-order valence-corrected chi connectivity index (χ4v) is 4.37. The summed E-state index contributed by atoms with van der Waals surface area (Å²) < 4.78 is 5.85. The number of aromatic carboxylic acids is 1. The van der Waals surface area contributed by atoms with Gasteiger partial charge in [0.1, 0.15) is 6.61 Å². The number of carboxylic acid groups (broad SMARTS) is 1. The average Bonchev–Trinajstić information content (AvgIpc) is 3.17. The molecule has 4 aromatic rings. The molecular formula is C28H21NO4. The van der Waals surface area contributed by atoms with Gasteiger partial charge < -0.3 is 9.84 Å². The van der Waals surface area contributed by atoms with E-state index >= 15 is 0 Å². The quantitative estimate of drug-likeness (QED) is 0.390. The highest BCUT2D eigenvalue weighted by Crippen LogP contribution is 2.44. The molecule has 1 aliphatic rings. The van der Waals surface area contributed by atoms with Crippen molar-refractivity contribution in [3.8, 4) is 11.1 Å². The molecule has 0 atom stereocenters. The number of carbonyl (C=O) groups excluding carboxylic acids is 1. The summed E-state index contributed by atoms with van der Waals surface area (Å²) in [5.74, 6) is -1.12. The maximum atomic E-state index is 13.4. The summed E-state index contributed by atoms with van der Waals surface area (Å²) in [5.41, 5.74) is 5.69. The fraction of sp³-hybridized carbons (Fsp3) is 0.0714. The first-order valence-corrected chi connectivity index (χ1v) is 10.7. The molecule has 0 saturated heterocycles. The number of amides is 1. The SMILES string of the molecule is O=C(O)c1cccc(N(C(=O)OCC2c3ccccc3-c3ccccc32)c2ccccc2)c1. The zero-order valence-corrected chi connectivity index (χ0v) is 17.7.